The van der Waals surface area contributed by atoms with E-state index in [2.05, 4.69) is 0 Å². The summed E-state index contributed by atoms with van der Waals surface area (Å²) in [6, 6.07) is 45.0. The van der Waals surface area contributed by atoms with Crippen molar-refractivity contribution in [3.63, 3.8) is 0 Å². The molecule has 5 heteroatoms. The lowest BCUT2D eigenvalue weighted by Gasteiger charge is -2.29. The van der Waals surface area contributed by atoms with Gasteiger partial charge in [-0.25, -0.2) is 4.99 Å². The number of Topliss-reactive ketones (excluding diaryl/α,β-unsaturated/α-hetero) is 3. The number of aliphatic imine (C=N–C) groups is 1. The van der Waals surface area contributed by atoms with Crippen LogP contribution < -0.4 is 0 Å². The summed E-state index contributed by atoms with van der Waals surface area (Å²) < 4.78 is 6.73. The minimum absolute atomic E-state index is 0.220. The van der Waals surface area contributed by atoms with Crippen LogP contribution in [0.15, 0.2) is 162 Å². The van der Waals surface area contributed by atoms with Crippen molar-refractivity contribution in [1.82, 2.24) is 0 Å². The van der Waals surface area contributed by atoms with Crippen molar-refractivity contribution in [3.05, 3.63) is 185 Å². The second-order valence-corrected chi connectivity index (χ2v) is 10.7. The number of nitrogens with zero attached hydrogens (tertiary/aromatic N) is 1. The Bertz CT molecular complexity index is 1810. The molecule has 5 aromatic carbocycles. The minimum atomic E-state index is -1.53. The zero-order valence-electron chi connectivity index (χ0n) is 24.1. The van der Waals surface area contributed by atoms with Gasteiger partial charge < -0.3 is 4.74 Å². The van der Waals surface area contributed by atoms with Crippen LogP contribution in [-0.2, 0) is 4.74 Å². The Morgan fingerprint density at radius 3 is 1.45 bits per heavy atom. The van der Waals surface area contributed by atoms with Crippen LogP contribution in [0.4, 0.5) is 0 Å². The number of carbonyl (C=O) groups is 3. The largest absolute Gasteiger partial charge is 0.464 e. The third kappa shape index (κ3) is 5.55. The maximum absolute atomic E-state index is 14.4. The van der Waals surface area contributed by atoms with Crippen molar-refractivity contribution in [2.45, 2.75) is 18.6 Å². The lowest BCUT2D eigenvalue weighted by atomic mass is 9.80. The molecular weight excluding hydrogens is 546 g/mol. The van der Waals surface area contributed by atoms with Crippen LogP contribution in [0.2, 0.25) is 0 Å². The Labute approximate surface area is 256 Å². The summed E-state index contributed by atoms with van der Waals surface area (Å²) in [5.41, 5.74) is 1.20. The SMILES string of the molecule is CC1(N=C(C(=O)c2ccccc2)C(=O)c2ccccc2)OC(c2ccccc2)=C(C(=O)c2ccccc2)C1c1ccccc1. The monoisotopic (exact) mass is 575 g/mol. The zero-order chi connectivity index (χ0) is 30.5. The van der Waals surface area contributed by atoms with Gasteiger partial charge in [0.2, 0.25) is 17.3 Å². The van der Waals surface area contributed by atoms with E-state index in [-0.39, 0.29) is 11.5 Å². The average Bonchev–Trinajstić information content (AvgIpc) is 3.41. The standard InChI is InChI=1S/C39H29NO4/c1-39(40-34(36(42)29-21-11-4-12-22-29)37(43)30-23-13-5-14-24-30)33(27-17-7-2-8-18-27)32(35(41)28-19-9-3-10-20-28)38(44-39)31-25-15-6-16-26-31/h2-26,33H,1H3. The van der Waals surface area contributed by atoms with Gasteiger partial charge in [0.1, 0.15) is 5.76 Å². The van der Waals surface area contributed by atoms with Crippen LogP contribution >= 0.6 is 0 Å². The average molecular weight is 576 g/mol. The summed E-state index contributed by atoms with van der Waals surface area (Å²) >= 11 is 0. The molecule has 0 spiro atoms. The molecule has 0 bridgehead atoms. The number of ether oxygens (including phenoxy) is 1. The molecular formula is C39H29NO4. The summed E-state index contributed by atoms with van der Waals surface area (Å²) in [6.07, 6.45) is 0. The second kappa shape index (κ2) is 12.3. The van der Waals surface area contributed by atoms with E-state index in [1.165, 1.54) is 0 Å². The Balaban J connectivity index is 1.59. The first-order chi connectivity index (χ1) is 21.5. The molecule has 44 heavy (non-hydrogen) atoms. The van der Waals surface area contributed by atoms with Crippen LogP contribution in [0, 0.1) is 0 Å². The summed E-state index contributed by atoms with van der Waals surface area (Å²) in [7, 11) is 0. The fourth-order valence-electron chi connectivity index (χ4n) is 5.59. The molecule has 1 aliphatic rings. The number of benzene rings is 5. The van der Waals surface area contributed by atoms with E-state index in [9.17, 15) is 14.4 Å². The Morgan fingerprint density at radius 1 is 0.568 bits per heavy atom. The summed E-state index contributed by atoms with van der Waals surface area (Å²) in [5, 5.41) is 0. The Morgan fingerprint density at radius 2 is 0.977 bits per heavy atom. The number of carbonyl (C=O) groups excluding carboxylic acids is 3. The molecule has 0 aromatic heterocycles. The van der Waals surface area contributed by atoms with Crippen LogP contribution in [0.3, 0.4) is 0 Å². The van der Waals surface area contributed by atoms with Crippen LogP contribution in [0.1, 0.15) is 55.0 Å². The van der Waals surface area contributed by atoms with Crippen molar-refractivity contribution < 1.29 is 19.1 Å². The fourth-order valence-corrected chi connectivity index (χ4v) is 5.59. The van der Waals surface area contributed by atoms with Gasteiger partial charge in [-0.1, -0.05) is 152 Å². The van der Waals surface area contributed by atoms with Gasteiger partial charge in [0.15, 0.2) is 11.5 Å². The van der Waals surface area contributed by atoms with Crippen LogP contribution in [-0.4, -0.2) is 28.8 Å². The number of rotatable bonds is 9. The second-order valence-electron chi connectivity index (χ2n) is 10.7. The highest BCUT2D eigenvalue weighted by molar-refractivity contribution is 6.72. The first-order valence-corrected chi connectivity index (χ1v) is 14.4. The zero-order valence-corrected chi connectivity index (χ0v) is 24.1. The van der Waals surface area contributed by atoms with E-state index in [4.69, 9.17) is 9.73 Å². The fraction of sp³-hybridized carbons (Fsp3) is 0.0769. The van der Waals surface area contributed by atoms with Gasteiger partial charge in [-0.3, -0.25) is 14.4 Å². The topological polar surface area (TPSA) is 72.8 Å². The molecule has 2 atom stereocenters. The highest BCUT2D eigenvalue weighted by Crippen LogP contribution is 2.51. The van der Waals surface area contributed by atoms with E-state index in [0.717, 1.165) is 5.56 Å². The van der Waals surface area contributed by atoms with Crippen molar-refractivity contribution in [2.75, 3.05) is 0 Å². The van der Waals surface area contributed by atoms with Crippen molar-refractivity contribution >= 4 is 28.8 Å². The third-order valence-electron chi connectivity index (χ3n) is 7.66. The maximum atomic E-state index is 14.4. The third-order valence-corrected chi connectivity index (χ3v) is 7.66. The molecule has 214 valence electrons. The van der Waals surface area contributed by atoms with E-state index >= 15 is 0 Å². The maximum Gasteiger partial charge on any atom is 0.215 e. The summed E-state index contributed by atoms with van der Waals surface area (Å²) in [4.78, 5) is 47.4. The van der Waals surface area contributed by atoms with Gasteiger partial charge in [-0.05, 0) is 12.5 Å². The molecule has 2 unspecified atom stereocenters. The van der Waals surface area contributed by atoms with Gasteiger partial charge in [-0.2, -0.15) is 0 Å². The van der Waals surface area contributed by atoms with E-state index in [1.54, 1.807) is 79.7 Å². The molecule has 5 nitrogen and oxygen atoms in total. The molecule has 0 fully saturated rings. The van der Waals surface area contributed by atoms with Gasteiger partial charge in [0.25, 0.3) is 0 Å². The summed E-state index contributed by atoms with van der Waals surface area (Å²) in [5.74, 6) is -1.66. The van der Waals surface area contributed by atoms with Gasteiger partial charge in [0, 0.05) is 22.3 Å². The molecule has 5 aromatic rings. The molecule has 0 saturated heterocycles. The first kappa shape index (κ1) is 28.4. The number of ketones is 3. The molecule has 0 N–H and O–H groups in total. The first-order valence-electron chi connectivity index (χ1n) is 14.4. The number of hydrogen-bond acceptors (Lipinski definition) is 5. The smallest absolute Gasteiger partial charge is 0.215 e. The predicted octanol–water partition coefficient (Wildman–Crippen LogP) is 8.02. The molecule has 0 radical (unpaired) electrons. The quantitative estimate of drug-likeness (QED) is 0.101. The lowest BCUT2D eigenvalue weighted by Crippen LogP contribution is -2.36. The lowest BCUT2D eigenvalue weighted by molar-refractivity contribution is 0.0700. The van der Waals surface area contributed by atoms with Crippen molar-refractivity contribution in [1.29, 1.82) is 0 Å². The van der Waals surface area contributed by atoms with Gasteiger partial charge >= 0.3 is 0 Å². The summed E-state index contributed by atoms with van der Waals surface area (Å²) in [6.45, 7) is 1.73. The highest BCUT2D eigenvalue weighted by Gasteiger charge is 2.51. The number of hydrogen-bond donors (Lipinski definition) is 0. The molecule has 1 heterocycles. The molecule has 0 amide bonds. The Hall–Kier alpha value is -5.68. The molecule has 0 aliphatic carbocycles. The van der Waals surface area contributed by atoms with E-state index < -0.39 is 23.2 Å². The molecule has 6 rings (SSSR count). The predicted molar refractivity (Wildman–Crippen MR) is 172 cm³/mol. The Kier molecular flexibility index (Phi) is 7.94. The molecule has 0 saturated carbocycles. The molecule has 1 aliphatic heterocycles. The van der Waals surface area contributed by atoms with Crippen LogP contribution in [0.25, 0.3) is 5.76 Å². The van der Waals surface area contributed by atoms with E-state index in [0.29, 0.717) is 33.6 Å². The van der Waals surface area contributed by atoms with E-state index in [1.807, 2.05) is 78.9 Å². The minimum Gasteiger partial charge on any atom is -0.464 e. The van der Waals surface area contributed by atoms with Gasteiger partial charge in [-0.15, -0.1) is 0 Å². The van der Waals surface area contributed by atoms with Crippen molar-refractivity contribution in [3.8, 4) is 0 Å². The van der Waals surface area contributed by atoms with Gasteiger partial charge in [0.05, 0.1) is 11.5 Å². The van der Waals surface area contributed by atoms with Crippen molar-refractivity contribution in [2.24, 2.45) is 4.99 Å². The highest BCUT2D eigenvalue weighted by atomic mass is 16.5. The van der Waals surface area contributed by atoms with Crippen LogP contribution in [0.5, 0.6) is 0 Å². The normalized spacial score (nSPS) is 17.4.